The van der Waals surface area contributed by atoms with Gasteiger partial charge in [-0.05, 0) is 31.6 Å². The summed E-state index contributed by atoms with van der Waals surface area (Å²) >= 11 is 1.83. The molecule has 1 fully saturated rings. The summed E-state index contributed by atoms with van der Waals surface area (Å²) < 4.78 is 14.1. The second kappa shape index (κ2) is 6.90. The number of halogens is 1. The van der Waals surface area contributed by atoms with E-state index in [2.05, 4.69) is 16.7 Å². The first kappa shape index (κ1) is 15.1. The van der Waals surface area contributed by atoms with Crippen molar-refractivity contribution in [3.8, 4) is 0 Å². The van der Waals surface area contributed by atoms with Gasteiger partial charge in [-0.15, -0.1) is 0 Å². The smallest absolute Gasteiger partial charge is 0.257 e. The van der Waals surface area contributed by atoms with Gasteiger partial charge in [-0.3, -0.25) is 4.79 Å². The predicted molar refractivity (Wildman–Crippen MR) is 79.1 cm³/mol. The zero-order valence-corrected chi connectivity index (χ0v) is 12.3. The van der Waals surface area contributed by atoms with Crippen molar-refractivity contribution in [2.75, 3.05) is 24.8 Å². The minimum atomic E-state index is -0.689. The second-order valence-electron chi connectivity index (χ2n) is 4.75. The van der Waals surface area contributed by atoms with E-state index in [1.807, 2.05) is 11.8 Å². The van der Waals surface area contributed by atoms with E-state index in [1.165, 1.54) is 12.3 Å². The maximum absolute atomic E-state index is 14.1. The highest BCUT2D eigenvalue weighted by molar-refractivity contribution is 7.99. The first-order chi connectivity index (χ1) is 9.67. The van der Waals surface area contributed by atoms with Crippen LogP contribution in [-0.4, -0.2) is 40.4 Å². The normalized spacial score (nSPS) is 19.6. The van der Waals surface area contributed by atoms with Crippen LogP contribution < -0.4 is 11.3 Å². The van der Waals surface area contributed by atoms with Crippen LogP contribution in [0.4, 0.5) is 10.2 Å². The van der Waals surface area contributed by atoms with E-state index >= 15 is 0 Å². The number of nitrogens with one attached hydrogen (secondary N) is 1. The third-order valence-corrected chi connectivity index (χ3v) is 4.69. The van der Waals surface area contributed by atoms with Gasteiger partial charge in [0.1, 0.15) is 0 Å². The van der Waals surface area contributed by atoms with Crippen molar-refractivity contribution in [2.45, 2.75) is 24.5 Å². The van der Waals surface area contributed by atoms with Crippen LogP contribution in [0.15, 0.2) is 12.3 Å². The molecule has 0 spiro atoms. The van der Waals surface area contributed by atoms with Crippen LogP contribution in [-0.2, 0) is 0 Å². The van der Waals surface area contributed by atoms with Crippen LogP contribution in [0.3, 0.4) is 0 Å². The quantitative estimate of drug-likeness (QED) is 0.658. The number of hydrazine groups is 1. The molecular weight excluding hydrogens is 279 g/mol. The van der Waals surface area contributed by atoms with Gasteiger partial charge < -0.3 is 10.3 Å². The van der Waals surface area contributed by atoms with Gasteiger partial charge in [-0.25, -0.2) is 15.2 Å². The van der Waals surface area contributed by atoms with Gasteiger partial charge in [0.05, 0.1) is 5.56 Å². The van der Waals surface area contributed by atoms with E-state index < -0.39 is 5.82 Å². The number of hydrogen-bond donors (Lipinski definition) is 2. The summed E-state index contributed by atoms with van der Waals surface area (Å²) in [5, 5.41) is 0.580. The van der Waals surface area contributed by atoms with Gasteiger partial charge in [0.25, 0.3) is 5.91 Å². The van der Waals surface area contributed by atoms with E-state index in [0.717, 1.165) is 19.3 Å². The number of likely N-dealkylation sites (tertiary alicyclic amines) is 1. The molecule has 0 aromatic carbocycles. The van der Waals surface area contributed by atoms with Crippen molar-refractivity contribution in [3.63, 3.8) is 0 Å². The minimum absolute atomic E-state index is 0.0237. The van der Waals surface area contributed by atoms with Crippen LogP contribution in [0.25, 0.3) is 0 Å². The minimum Gasteiger partial charge on any atom is -0.339 e. The number of nitrogens with zero attached hydrogens (tertiary/aromatic N) is 2. The SMILES string of the molecule is CSC1CCCN(C(=O)c2ccnc(NN)c2F)CC1. The first-order valence-electron chi connectivity index (χ1n) is 6.60. The number of thioether (sulfide) groups is 1. The third-order valence-electron chi connectivity index (χ3n) is 3.55. The van der Waals surface area contributed by atoms with Gasteiger partial charge in [-0.2, -0.15) is 11.8 Å². The van der Waals surface area contributed by atoms with Gasteiger partial charge >= 0.3 is 0 Å². The molecule has 0 aliphatic carbocycles. The zero-order valence-electron chi connectivity index (χ0n) is 11.4. The molecule has 1 aliphatic rings. The summed E-state index contributed by atoms with van der Waals surface area (Å²) in [5.74, 6) is 4.10. The molecule has 1 aromatic rings. The summed E-state index contributed by atoms with van der Waals surface area (Å²) in [6.07, 6.45) is 6.46. The molecule has 1 atom stereocenters. The molecule has 0 bridgehead atoms. The van der Waals surface area contributed by atoms with Gasteiger partial charge in [0.2, 0.25) is 0 Å². The Morgan fingerprint density at radius 3 is 3.05 bits per heavy atom. The lowest BCUT2D eigenvalue weighted by molar-refractivity contribution is 0.0757. The molecule has 3 N–H and O–H groups in total. The Balaban J connectivity index is 2.15. The van der Waals surface area contributed by atoms with Crippen molar-refractivity contribution in [3.05, 3.63) is 23.6 Å². The van der Waals surface area contributed by atoms with Gasteiger partial charge in [0.15, 0.2) is 11.6 Å². The number of hydrogen-bond acceptors (Lipinski definition) is 5. The van der Waals surface area contributed by atoms with E-state index in [0.29, 0.717) is 18.3 Å². The summed E-state index contributed by atoms with van der Waals surface area (Å²) in [6, 6.07) is 1.40. The van der Waals surface area contributed by atoms with Crippen LogP contribution in [0.1, 0.15) is 29.6 Å². The number of nitrogen functional groups attached to an aromatic ring is 1. The van der Waals surface area contributed by atoms with Crippen LogP contribution >= 0.6 is 11.8 Å². The van der Waals surface area contributed by atoms with E-state index in [4.69, 9.17) is 5.84 Å². The van der Waals surface area contributed by atoms with E-state index in [9.17, 15) is 9.18 Å². The lowest BCUT2D eigenvalue weighted by atomic mass is 10.2. The number of pyridine rings is 1. The number of nitrogens with two attached hydrogens (primary N) is 1. The molecule has 1 amide bonds. The highest BCUT2D eigenvalue weighted by Gasteiger charge is 2.24. The Bertz CT molecular complexity index is 485. The summed E-state index contributed by atoms with van der Waals surface area (Å²) in [7, 11) is 0. The second-order valence-corrected chi connectivity index (χ2v) is 5.88. The molecule has 7 heteroatoms. The maximum atomic E-state index is 14.1. The predicted octanol–water partition coefficient (Wildman–Crippen LogP) is 1.86. The highest BCUT2D eigenvalue weighted by Crippen LogP contribution is 2.23. The highest BCUT2D eigenvalue weighted by atomic mass is 32.2. The van der Waals surface area contributed by atoms with Crippen molar-refractivity contribution in [1.29, 1.82) is 0 Å². The van der Waals surface area contributed by atoms with Gasteiger partial charge in [-0.1, -0.05) is 0 Å². The molecule has 2 heterocycles. The third kappa shape index (κ3) is 3.21. The number of carbonyl (C=O) groups excluding carboxylic acids is 1. The van der Waals surface area contributed by atoms with Crippen molar-refractivity contribution in [1.82, 2.24) is 9.88 Å². The molecule has 2 rings (SSSR count). The summed E-state index contributed by atoms with van der Waals surface area (Å²) in [6.45, 7) is 1.33. The molecule has 5 nitrogen and oxygen atoms in total. The average Bonchev–Trinajstić information content (AvgIpc) is 2.72. The molecular formula is C13H19FN4OS. The Morgan fingerprint density at radius 1 is 1.55 bits per heavy atom. The fourth-order valence-corrected chi connectivity index (χ4v) is 3.13. The molecule has 1 aliphatic heterocycles. The van der Waals surface area contributed by atoms with Crippen LogP contribution in [0, 0.1) is 5.82 Å². The Morgan fingerprint density at radius 2 is 2.35 bits per heavy atom. The van der Waals surface area contributed by atoms with E-state index in [1.54, 1.807) is 4.90 Å². The summed E-state index contributed by atoms with van der Waals surface area (Å²) in [5.41, 5.74) is 2.19. The Hall–Kier alpha value is -1.34. The number of rotatable bonds is 3. The van der Waals surface area contributed by atoms with Crippen molar-refractivity contribution < 1.29 is 9.18 Å². The molecule has 0 radical (unpaired) electrons. The molecule has 0 saturated carbocycles. The van der Waals surface area contributed by atoms with Crippen molar-refractivity contribution in [2.24, 2.45) is 5.84 Å². The van der Waals surface area contributed by atoms with Crippen molar-refractivity contribution >= 4 is 23.5 Å². The zero-order chi connectivity index (χ0) is 14.5. The Labute approximate surface area is 122 Å². The Kier molecular flexibility index (Phi) is 5.19. The lowest BCUT2D eigenvalue weighted by Crippen LogP contribution is -2.33. The number of aromatic nitrogens is 1. The maximum Gasteiger partial charge on any atom is 0.257 e. The molecule has 1 unspecified atom stereocenters. The molecule has 1 saturated heterocycles. The topological polar surface area (TPSA) is 71.2 Å². The van der Waals surface area contributed by atoms with Crippen LogP contribution in [0.2, 0.25) is 0 Å². The molecule has 20 heavy (non-hydrogen) atoms. The monoisotopic (exact) mass is 298 g/mol. The first-order valence-corrected chi connectivity index (χ1v) is 7.89. The summed E-state index contributed by atoms with van der Waals surface area (Å²) in [4.78, 5) is 17.9. The number of amides is 1. The standard InChI is InChI=1S/C13H19FN4OS/c1-20-9-3-2-7-18(8-5-9)13(19)10-4-6-16-12(17-15)11(10)14/h4,6,9H,2-3,5,7-8,15H2,1H3,(H,16,17). The largest absolute Gasteiger partial charge is 0.339 e. The van der Waals surface area contributed by atoms with Crippen LogP contribution in [0.5, 0.6) is 0 Å². The van der Waals surface area contributed by atoms with Gasteiger partial charge in [0, 0.05) is 24.5 Å². The average molecular weight is 298 g/mol. The van der Waals surface area contributed by atoms with E-state index in [-0.39, 0.29) is 17.3 Å². The lowest BCUT2D eigenvalue weighted by Gasteiger charge is -2.21. The molecule has 110 valence electrons. The fourth-order valence-electron chi connectivity index (χ4n) is 2.38. The number of carbonyl (C=O) groups is 1. The number of anilines is 1. The fraction of sp³-hybridized carbons (Fsp3) is 0.538. The molecule has 1 aromatic heterocycles.